The second-order valence-corrected chi connectivity index (χ2v) is 4.13. The summed E-state index contributed by atoms with van der Waals surface area (Å²) in [7, 11) is 0. The van der Waals surface area contributed by atoms with Crippen LogP contribution >= 0.6 is 0 Å². The molecule has 1 aromatic rings. The average molecular weight is 265 g/mol. The highest BCUT2D eigenvalue weighted by Gasteiger charge is 2.34. The van der Waals surface area contributed by atoms with Crippen molar-refractivity contribution >= 4 is 0 Å². The third kappa shape index (κ3) is 4.62. The first kappa shape index (κ1) is 14.9. The number of nitrogens with one attached hydrogen (secondary N) is 1. The Balaban J connectivity index is 2.63. The zero-order valence-electron chi connectivity index (χ0n) is 9.89. The number of alkyl halides is 3. The van der Waals surface area contributed by atoms with Crippen LogP contribution in [0.5, 0.6) is 0 Å². The summed E-state index contributed by atoms with van der Waals surface area (Å²) < 4.78 is 50.3. The predicted octanol–water partition coefficient (Wildman–Crippen LogP) is 2.71. The molecule has 0 heterocycles. The third-order valence-electron chi connectivity index (χ3n) is 2.40. The summed E-state index contributed by atoms with van der Waals surface area (Å²) in [5.41, 5.74) is -0.897. The van der Waals surface area contributed by atoms with Gasteiger partial charge in [0.15, 0.2) is 0 Å². The van der Waals surface area contributed by atoms with Crippen molar-refractivity contribution in [3.05, 3.63) is 35.1 Å². The minimum Gasteiger partial charge on any atom is -0.393 e. The zero-order valence-corrected chi connectivity index (χ0v) is 9.89. The van der Waals surface area contributed by atoms with E-state index in [0.717, 1.165) is 12.1 Å². The first-order valence-electron chi connectivity index (χ1n) is 5.55. The van der Waals surface area contributed by atoms with Gasteiger partial charge >= 0.3 is 6.18 Å². The first-order chi connectivity index (χ1) is 8.30. The topological polar surface area (TPSA) is 32.3 Å². The Morgan fingerprint density at radius 2 is 2.00 bits per heavy atom. The molecule has 0 fully saturated rings. The quantitative estimate of drug-likeness (QED) is 0.633. The summed E-state index contributed by atoms with van der Waals surface area (Å²) in [6.07, 6.45) is -4.64. The molecular weight excluding hydrogens is 250 g/mol. The van der Waals surface area contributed by atoms with Gasteiger partial charge in [0.05, 0.1) is 11.7 Å². The Bertz CT molecular complexity index is 390. The van der Waals surface area contributed by atoms with Gasteiger partial charge in [0.1, 0.15) is 5.82 Å². The number of benzene rings is 1. The lowest BCUT2D eigenvalue weighted by molar-refractivity contribution is -0.140. The van der Waals surface area contributed by atoms with Crippen LogP contribution in [0.25, 0.3) is 0 Å². The number of hydrogen-bond acceptors (Lipinski definition) is 2. The molecule has 2 N–H and O–H groups in total. The fourth-order valence-electron chi connectivity index (χ4n) is 1.44. The molecule has 0 spiro atoms. The molecule has 0 saturated carbocycles. The number of hydrogen-bond donors (Lipinski definition) is 2. The van der Waals surface area contributed by atoms with Crippen molar-refractivity contribution in [3.63, 3.8) is 0 Å². The molecule has 1 unspecified atom stereocenters. The van der Waals surface area contributed by atoms with E-state index in [2.05, 4.69) is 5.32 Å². The number of halogens is 4. The van der Waals surface area contributed by atoms with Crippen LogP contribution in [-0.2, 0) is 12.7 Å². The molecule has 0 aliphatic heterocycles. The molecule has 0 aromatic heterocycles. The molecule has 0 bridgehead atoms. The van der Waals surface area contributed by atoms with Gasteiger partial charge < -0.3 is 10.4 Å². The van der Waals surface area contributed by atoms with E-state index in [0.29, 0.717) is 18.5 Å². The zero-order chi connectivity index (χ0) is 13.8. The van der Waals surface area contributed by atoms with Crippen molar-refractivity contribution in [1.29, 1.82) is 0 Å². The van der Waals surface area contributed by atoms with E-state index < -0.39 is 23.7 Å². The van der Waals surface area contributed by atoms with E-state index in [1.54, 1.807) is 6.92 Å². The minimum atomic E-state index is -4.68. The van der Waals surface area contributed by atoms with Crippen molar-refractivity contribution < 1.29 is 22.7 Å². The van der Waals surface area contributed by atoms with Gasteiger partial charge in [-0.25, -0.2) is 4.39 Å². The highest BCUT2D eigenvalue weighted by Crippen LogP contribution is 2.31. The van der Waals surface area contributed by atoms with Crippen LogP contribution in [0.3, 0.4) is 0 Å². The Kier molecular flexibility index (Phi) is 5.10. The maximum Gasteiger partial charge on any atom is 0.419 e. The molecule has 0 radical (unpaired) electrons. The van der Waals surface area contributed by atoms with E-state index in [9.17, 15) is 17.6 Å². The van der Waals surface area contributed by atoms with E-state index >= 15 is 0 Å². The van der Waals surface area contributed by atoms with Crippen molar-refractivity contribution in [2.24, 2.45) is 0 Å². The molecule has 0 saturated heterocycles. The summed E-state index contributed by atoms with van der Waals surface area (Å²) >= 11 is 0. The Labute approximate surface area is 103 Å². The molecule has 0 amide bonds. The van der Waals surface area contributed by atoms with E-state index in [-0.39, 0.29) is 6.54 Å². The molecule has 18 heavy (non-hydrogen) atoms. The lowest BCUT2D eigenvalue weighted by Gasteiger charge is -2.11. The van der Waals surface area contributed by atoms with Gasteiger partial charge in [-0.05, 0) is 37.6 Å². The fraction of sp³-hybridized carbons (Fsp3) is 0.500. The molecule has 6 heteroatoms. The van der Waals surface area contributed by atoms with Crippen LogP contribution in [0.4, 0.5) is 17.6 Å². The van der Waals surface area contributed by atoms with Gasteiger partial charge in [0, 0.05) is 6.54 Å². The van der Waals surface area contributed by atoms with E-state index in [1.165, 1.54) is 6.07 Å². The number of aliphatic hydroxyl groups is 1. The fourth-order valence-corrected chi connectivity index (χ4v) is 1.44. The Morgan fingerprint density at radius 3 is 2.56 bits per heavy atom. The molecule has 0 aliphatic carbocycles. The van der Waals surface area contributed by atoms with Crippen LogP contribution in [0.15, 0.2) is 18.2 Å². The molecule has 1 atom stereocenters. The smallest absolute Gasteiger partial charge is 0.393 e. The van der Waals surface area contributed by atoms with Crippen molar-refractivity contribution in [3.8, 4) is 0 Å². The second-order valence-electron chi connectivity index (χ2n) is 4.13. The molecule has 1 aromatic carbocycles. The van der Waals surface area contributed by atoms with Crippen LogP contribution in [0.1, 0.15) is 24.5 Å². The molecule has 2 nitrogen and oxygen atoms in total. The van der Waals surface area contributed by atoms with Crippen LogP contribution in [0.2, 0.25) is 0 Å². The van der Waals surface area contributed by atoms with Gasteiger partial charge in [-0.3, -0.25) is 0 Å². The summed E-state index contributed by atoms with van der Waals surface area (Å²) in [6.45, 7) is 2.31. The SMILES string of the molecule is CC(O)CCNCc1ccc(F)c(C(F)(F)F)c1. The molecule has 1 rings (SSSR count). The lowest BCUT2D eigenvalue weighted by atomic mass is 10.1. The van der Waals surface area contributed by atoms with Gasteiger partial charge in [-0.1, -0.05) is 6.07 Å². The average Bonchev–Trinajstić information content (AvgIpc) is 2.24. The Hall–Kier alpha value is -1.14. The van der Waals surface area contributed by atoms with Crippen LogP contribution in [-0.4, -0.2) is 17.8 Å². The molecule has 0 aliphatic rings. The first-order valence-corrected chi connectivity index (χ1v) is 5.55. The summed E-state index contributed by atoms with van der Waals surface area (Å²) in [4.78, 5) is 0. The van der Waals surface area contributed by atoms with Crippen LogP contribution < -0.4 is 5.32 Å². The van der Waals surface area contributed by atoms with Crippen molar-refractivity contribution in [1.82, 2.24) is 5.32 Å². The summed E-state index contributed by atoms with van der Waals surface area (Å²) in [5.74, 6) is -1.27. The summed E-state index contributed by atoms with van der Waals surface area (Å²) in [5, 5.41) is 11.9. The van der Waals surface area contributed by atoms with Gasteiger partial charge in [-0.2, -0.15) is 13.2 Å². The monoisotopic (exact) mass is 265 g/mol. The molecular formula is C12H15F4NO. The standard InChI is InChI=1S/C12H15F4NO/c1-8(18)4-5-17-7-9-2-3-11(13)10(6-9)12(14,15)16/h2-3,6,8,17-18H,4-5,7H2,1H3. The predicted molar refractivity (Wildman–Crippen MR) is 59.4 cm³/mol. The van der Waals surface area contributed by atoms with Gasteiger partial charge in [0.25, 0.3) is 0 Å². The second kappa shape index (κ2) is 6.15. The lowest BCUT2D eigenvalue weighted by Crippen LogP contribution is -2.19. The van der Waals surface area contributed by atoms with Crippen LogP contribution in [0, 0.1) is 5.82 Å². The summed E-state index contributed by atoms with van der Waals surface area (Å²) in [6, 6.07) is 2.92. The highest BCUT2D eigenvalue weighted by molar-refractivity contribution is 5.27. The Morgan fingerprint density at radius 1 is 1.33 bits per heavy atom. The maximum absolute atomic E-state index is 13.0. The van der Waals surface area contributed by atoms with Crippen molar-refractivity contribution in [2.75, 3.05) is 6.54 Å². The van der Waals surface area contributed by atoms with Gasteiger partial charge in [0.2, 0.25) is 0 Å². The normalized spacial score (nSPS) is 13.7. The largest absolute Gasteiger partial charge is 0.419 e. The van der Waals surface area contributed by atoms with Crippen molar-refractivity contribution in [2.45, 2.75) is 32.2 Å². The highest BCUT2D eigenvalue weighted by atomic mass is 19.4. The number of rotatable bonds is 5. The molecule has 102 valence electrons. The minimum absolute atomic E-state index is 0.204. The van der Waals surface area contributed by atoms with Gasteiger partial charge in [-0.15, -0.1) is 0 Å². The van der Waals surface area contributed by atoms with E-state index in [1.807, 2.05) is 0 Å². The third-order valence-corrected chi connectivity index (χ3v) is 2.40. The maximum atomic E-state index is 13.0. The van der Waals surface area contributed by atoms with E-state index in [4.69, 9.17) is 5.11 Å². The number of aliphatic hydroxyl groups excluding tert-OH is 1.